The van der Waals surface area contributed by atoms with E-state index in [9.17, 15) is 0 Å². The summed E-state index contributed by atoms with van der Waals surface area (Å²) in [5.41, 5.74) is 13.8. The molecule has 0 aliphatic carbocycles. The van der Waals surface area contributed by atoms with Gasteiger partial charge in [-0.25, -0.2) is 19.9 Å². The van der Waals surface area contributed by atoms with Gasteiger partial charge in [0.05, 0.1) is 27.8 Å². The molecular weight excluding hydrogens is 905 g/mol. The lowest BCUT2D eigenvalue weighted by atomic mass is 10.0. The van der Waals surface area contributed by atoms with Crippen LogP contribution in [-0.2, 0) is 0 Å². The summed E-state index contributed by atoms with van der Waals surface area (Å²) in [5.74, 6) is 3.39. The molecule has 0 radical (unpaired) electrons. The van der Waals surface area contributed by atoms with E-state index in [4.69, 9.17) is 29.9 Å². The zero-order chi connectivity index (χ0) is 49.0. The van der Waals surface area contributed by atoms with Crippen LogP contribution in [0, 0.1) is 0 Å². The second-order valence-corrected chi connectivity index (χ2v) is 18.3. The Morgan fingerprint density at radius 3 is 1.20 bits per heavy atom. The van der Waals surface area contributed by atoms with Crippen LogP contribution >= 0.6 is 0 Å². The molecule has 0 spiro atoms. The summed E-state index contributed by atoms with van der Waals surface area (Å²) in [7, 11) is 0. The molecular formula is C66H42N8. The van der Waals surface area contributed by atoms with Crippen molar-refractivity contribution in [3.8, 4) is 90.8 Å². The highest BCUT2D eigenvalue weighted by Crippen LogP contribution is 2.43. The second kappa shape index (κ2) is 17.9. The van der Waals surface area contributed by atoms with Gasteiger partial charge in [-0.15, -0.1) is 0 Å². The molecule has 0 fully saturated rings. The SMILES string of the molecule is c1ccc(-c2ccc(-c3nc(-c4cccc(-c5ccccc5)c4)nc(-n4c5ccccc5c5ccc6c7ccccc7n(-c7ccccc7-c7nc(-c8ccccc8)nc(-c8ccccc8)n7)c6c54)n3)cc2)cc1. The molecule has 4 aromatic heterocycles. The van der Waals surface area contributed by atoms with Crippen molar-refractivity contribution >= 4 is 43.6 Å². The summed E-state index contributed by atoms with van der Waals surface area (Å²) in [6.45, 7) is 0. The normalized spacial score (nSPS) is 11.5. The number of fused-ring (bicyclic) bond motifs is 7. The van der Waals surface area contributed by atoms with Gasteiger partial charge in [0.15, 0.2) is 29.1 Å². The Kier molecular flexibility index (Phi) is 10.3. The minimum absolute atomic E-state index is 0.503. The van der Waals surface area contributed by atoms with Crippen LogP contribution in [0.5, 0.6) is 0 Å². The molecule has 14 rings (SSSR count). The van der Waals surface area contributed by atoms with Gasteiger partial charge in [-0.2, -0.15) is 9.97 Å². The van der Waals surface area contributed by atoms with Gasteiger partial charge in [0.1, 0.15) is 0 Å². The van der Waals surface area contributed by atoms with E-state index < -0.39 is 0 Å². The highest BCUT2D eigenvalue weighted by molar-refractivity contribution is 6.24. The van der Waals surface area contributed by atoms with Crippen molar-refractivity contribution < 1.29 is 0 Å². The van der Waals surface area contributed by atoms with E-state index in [0.717, 1.165) is 99.4 Å². The van der Waals surface area contributed by atoms with Gasteiger partial charge in [0.25, 0.3) is 0 Å². The molecule has 0 aliphatic heterocycles. The van der Waals surface area contributed by atoms with E-state index >= 15 is 0 Å². The van der Waals surface area contributed by atoms with E-state index in [-0.39, 0.29) is 0 Å². The Morgan fingerprint density at radius 1 is 0.230 bits per heavy atom. The molecule has 8 nitrogen and oxygen atoms in total. The first-order valence-corrected chi connectivity index (χ1v) is 24.7. The number of hydrogen-bond acceptors (Lipinski definition) is 6. The van der Waals surface area contributed by atoms with Gasteiger partial charge < -0.3 is 4.57 Å². The number of nitrogens with zero attached hydrogens (tertiary/aromatic N) is 8. The van der Waals surface area contributed by atoms with Crippen LogP contribution in [0.4, 0.5) is 0 Å². The maximum Gasteiger partial charge on any atom is 0.238 e. The smallest absolute Gasteiger partial charge is 0.238 e. The number of hydrogen-bond donors (Lipinski definition) is 0. The maximum absolute atomic E-state index is 5.48. The fourth-order valence-corrected chi connectivity index (χ4v) is 10.4. The highest BCUT2D eigenvalue weighted by atomic mass is 15.2. The molecule has 0 unspecified atom stereocenters. The molecule has 14 aromatic rings. The Morgan fingerprint density at radius 2 is 0.608 bits per heavy atom. The van der Waals surface area contributed by atoms with Gasteiger partial charge >= 0.3 is 0 Å². The van der Waals surface area contributed by atoms with Crippen LogP contribution < -0.4 is 0 Å². The Bertz CT molecular complexity index is 4340. The zero-order valence-corrected chi connectivity index (χ0v) is 39.8. The monoisotopic (exact) mass is 946 g/mol. The Hall–Kier alpha value is -10.2. The summed E-state index contributed by atoms with van der Waals surface area (Å²) in [6, 6.07) is 88.1. The lowest BCUT2D eigenvalue weighted by Gasteiger charge is -2.16. The average Bonchev–Trinajstić information content (AvgIpc) is 4.02. The summed E-state index contributed by atoms with van der Waals surface area (Å²) in [6.07, 6.45) is 0. The van der Waals surface area contributed by atoms with Crippen LogP contribution in [0.1, 0.15) is 0 Å². The van der Waals surface area contributed by atoms with E-state index in [1.54, 1.807) is 0 Å². The fraction of sp³-hybridized carbons (Fsp3) is 0. The minimum atomic E-state index is 0.503. The first kappa shape index (κ1) is 42.7. The van der Waals surface area contributed by atoms with Crippen molar-refractivity contribution in [3.05, 3.63) is 255 Å². The van der Waals surface area contributed by atoms with Gasteiger partial charge in [0.2, 0.25) is 5.95 Å². The van der Waals surface area contributed by atoms with Gasteiger partial charge in [-0.05, 0) is 52.6 Å². The molecule has 0 saturated carbocycles. The van der Waals surface area contributed by atoms with Crippen molar-refractivity contribution in [2.45, 2.75) is 0 Å². The summed E-state index contributed by atoms with van der Waals surface area (Å²) in [4.78, 5) is 31.8. The van der Waals surface area contributed by atoms with Crippen molar-refractivity contribution in [2.75, 3.05) is 0 Å². The van der Waals surface area contributed by atoms with E-state index in [2.05, 4.69) is 191 Å². The Labute approximate surface area is 426 Å². The third kappa shape index (κ3) is 7.40. The molecule has 0 saturated heterocycles. The van der Waals surface area contributed by atoms with Crippen LogP contribution in [0.3, 0.4) is 0 Å². The maximum atomic E-state index is 5.48. The molecule has 74 heavy (non-hydrogen) atoms. The predicted octanol–water partition coefficient (Wildman–Crippen LogP) is 15.9. The number of benzene rings is 10. The minimum Gasteiger partial charge on any atom is -0.306 e. The van der Waals surface area contributed by atoms with Crippen LogP contribution in [-0.4, -0.2) is 39.0 Å². The second-order valence-electron chi connectivity index (χ2n) is 18.3. The molecule has 346 valence electrons. The predicted molar refractivity (Wildman–Crippen MR) is 300 cm³/mol. The molecule has 4 heterocycles. The molecule has 8 heteroatoms. The first-order chi connectivity index (χ1) is 36.7. The van der Waals surface area contributed by atoms with Gasteiger partial charge in [-0.3, -0.25) is 4.57 Å². The first-order valence-electron chi connectivity index (χ1n) is 24.7. The Balaban J connectivity index is 1.05. The number of aromatic nitrogens is 8. The molecule has 0 N–H and O–H groups in total. The van der Waals surface area contributed by atoms with Gasteiger partial charge in [-0.1, -0.05) is 224 Å². The summed E-state index contributed by atoms with van der Waals surface area (Å²) >= 11 is 0. The van der Waals surface area contributed by atoms with Crippen molar-refractivity contribution in [2.24, 2.45) is 0 Å². The summed E-state index contributed by atoms with van der Waals surface area (Å²) < 4.78 is 4.61. The standard InChI is InChI=1S/C66H42N8/c1-5-20-43(21-6-1)45-36-38-48(39-37-45)63-68-64(50-29-19-28-49(42-50)44-22-7-2-8-23-44)72-66(71-63)74-57-34-17-14-31-52(57)54-41-40-53-51-30-13-16-33-56(51)73(59(53)60(54)74)58-35-18-15-32-55(58)65-69-61(46-24-9-3-10-25-46)67-62(70-65)47-26-11-4-12-27-47/h1-42H. The number of rotatable bonds is 9. The fourth-order valence-electron chi connectivity index (χ4n) is 10.4. The highest BCUT2D eigenvalue weighted by Gasteiger charge is 2.25. The van der Waals surface area contributed by atoms with Crippen LogP contribution in [0.2, 0.25) is 0 Å². The van der Waals surface area contributed by atoms with Crippen molar-refractivity contribution in [3.63, 3.8) is 0 Å². The van der Waals surface area contributed by atoms with E-state index in [1.807, 2.05) is 72.8 Å². The van der Waals surface area contributed by atoms with Crippen molar-refractivity contribution in [1.29, 1.82) is 0 Å². The molecule has 0 atom stereocenters. The zero-order valence-electron chi connectivity index (χ0n) is 39.8. The lowest BCUT2D eigenvalue weighted by molar-refractivity contribution is 0.953. The summed E-state index contributed by atoms with van der Waals surface area (Å²) in [5, 5.41) is 4.33. The largest absolute Gasteiger partial charge is 0.306 e. The number of para-hydroxylation sites is 3. The quantitative estimate of drug-likeness (QED) is 0.143. The average molecular weight is 947 g/mol. The van der Waals surface area contributed by atoms with Crippen LogP contribution in [0.15, 0.2) is 255 Å². The van der Waals surface area contributed by atoms with E-state index in [1.165, 1.54) is 0 Å². The molecule has 0 amide bonds. The third-order valence-electron chi connectivity index (χ3n) is 13.9. The van der Waals surface area contributed by atoms with Crippen LogP contribution in [0.25, 0.3) is 134 Å². The van der Waals surface area contributed by atoms with Gasteiger partial charge in [0, 0.05) is 49.4 Å². The molecule has 0 bridgehead atoms. The molecule has 10 aromatic carbocycles. The van der Waals surface area contributed by atoms with Crippen molar-refractivity contribution in [1.82, 2.24) is 39.0 Å². The van der Waals surface area contributed by atoms with E-state index in [0.29, 0.717) is 35.1 Å². The third-order valence-corrected chi connectivity index (χ3v) is 13.9. The topological polar surface area (TPSA) is 87.2 Å². The molecule has 0 aliphatic rings. The lowest BCUT2D eigenvalue weighted by Crippen LogP contribution is -2.07.